The maximum Gasteiger partial charge on any atom is 0.573 e. The zero-order valence-corrected chi connectivity index (χ0v) is 22.1. The molecule has 212 valence electrons. The standard InChI is InChI=1S/C31H35F5O3/c1-2-3-20-6-12-23(13-7-20)24-14-8-21(9-15-24)4-5-22-10-16-25(17-11-22)30(37)38-26-18-27(32)29(28(33)19-26)39-31(34,35)36/h4-5,10-11,16-21,23-24H,2-3,6-9,12-15H2,1H3/b5-4+/t20-,21?,23-,24?. The van der Waals surface area contributed by atoms with Gasteiger partial charge in [-0.05, 0) is 79.9 Å². The Balaban J connectivity index is 1.26. The molecule has 0 aliphatic heterocycles. The molecule has 0 N–H and O–H groups in total. The van der Waals surface area contributed by atoms with Crippen molar-refractivity contribution < 1.29 is 36.2 Å². The summed E-state index contributed by atoms with van der Waals surface area (Å²) in [5, 5.41) is 0. The molecule has 0 spiro atoms. The van der Waals surface area contributed by atoms with E-state index in [0.29, 0.717) is 18.1 Å². The summed E-state index contributed by atoms with van der Waals surface area (Å²) in [5.74, 6) is -3.11. The Hall–Kier alpha value is -2.90. The zero-order valence-electron chi connectivity index (χ0n) is 22.1. The molecule has 0 amide bonds. The first kappa shape index (κ1) is 29.1. The van der Waals surface area contributed by atoms with E-state index >= 15 is 0 Å². The predicted molar refractivity (Wildman–Crippen MR) is 139 cm³/mol. The van der Waals surface area contributed by atoms with Gasteiger partial charge in [0.2, 0.25) is 5.75 Å². The van der Waals surface area contributed by atoms with Crippen molar-refractivity contribution in [2.75, 3.05) is 0 Å². The highest BCUT2D eigenvalue weighted by atomic mass is 19.4. The summed E-state index contributed by atoms with van der Waals surface area (Å²) in [6.07, 6.45) is 12.2. The minimum atomic E-state index is -5.26. The van der Waals surface area contributed by atoms with E-state index in [9.17, 15) is 26.7 Å². The van der Waals surface area contributed by atoms with Crippen molar-refractivity contribution in [1.82, 2.24) is 0 Å². The highest BCUT2D eigenvalue weighted by molar-refractivity contribution is 5.91. The summed E-state index contributed by atoms with van der Waals surface area (Å²) in [5.41, 5.74) is 1.05. The van der Waals surface area contributed by atoms with Crippen molar-refractivity contribution >= 4 is 12.0 Å². The van der Waals surface area contributed by atoms with Crippen LogP contribution in [0.15, 0.2) is 42.5 Å². The van der Waals surface area contributed by atoms with Gasteiger partial charge in [0.1, 0.15) is 5.75 Å². The molecule has 0 atom stereocenters. The van der Waals surface area contributed by atoms with Crippen LogP contribution in [0.2, 0.25) is 0 Å². The van der Waals surface area contributed by atoms with E-state index in [4.69, 9.17) is 4.74 Å². The van der Waals surface area contributed by atoms with Crippen LogP contribution in [0.25, 0.3) is 6.08 Å². The Morgan fingerprint density at radius 1 is 0.897 bits per heavy atom. The maximum atomic E-state index is 13.9. The summed E-state index contributed by atoms with van der Waals surface area (Å²) < 4.78 is 72.9. The quantitative estimate of drug-likeness (QED) is 0.187. The topological polar surface area (TPSA) is 35.5 Å². The van der Waals surface area contributed by atoms with Crippen LogP contribution in [-0.2, 0) is 0 Å². The fraction of sp³-hybridized carbons (Fsp3) is 0.516. The van der Waals surface area contributed by atoms with Gasteiger partial charge < -0.3 is 9.47 Å². The molecule has 39 heavy (non-hydrogen) atoms. The fourth-order valence-corrected chi connectivity index (χ4v) is 6.12. The molecule has 2 aromatic rings. The number of alkyl halides is 3. The first-order chi connectivity index (χ1) is 18.6. The average Bonchev–Trinajstić information content (AvgIpc) is 2.90. The Bertz CT molecular complexity index is 1100. The number of hydrogen-bond acceptors (Lipinski definition) is 3. The van der Waals surface area contributed by atoms with Gasteiger partial charge in [0.25, 0.3) is 0 Å². The molecular weight excluding hydrogens is 515 g/mol. The van der Waals surface area contributed by atoms with Crippen LogP contribution in [0.5, 0.6) is 11.5 Å². The number of carbonyl (C=O) groups excluding carboxylic acids is 1. The van der Waals surface area contributed by atoms with Crippen LogP contribution in [0.1, 0.15) is 87.1 Å². The number of benzene rings is 2. The molecule has 2 fully saturated rings. The number of rotatable bonds is 8. The van der Waals surface area contributed by atoms with Gasteiger partial charge in [0, 0.05) is 12.1 Å². The SMILES string of the molecule is CCC[C@H]1CC[C@H](C2CCC(/C=C/c3ccc(C(=O)Oc4cc(F)c(OC(F)(F)F)c(F)c4)cc3)CC2)CC1. The molecule has 2 saturated carbocycles. The zero-order chi connectivity index (χ0) is 28.0. The molecule has 0 aromatic heterocycles. The first-order valence-corrected chi connectivity index (χ1v) is 13.9. The van der Waals surface area contributed by atoms with E-state index < -0.39 is 35.5 Å². The van der Waals surface area contributed by atoms with Crippen molar-refractivity contribution in [3.05, 3.63) is 65.2 Å². The molecule has 0 saturated heterocycles. The van der Waals surface area contributed by atoms with E-state index in [0.717, 1.165) is 23.3 Å². The van der Waals surface area contributed by atoms with Gasteiger partial charge in [-0.15, -0.1) is 13.2 Å². The number of ether oxygens (including phenoxy) is 2. The smallest absolute Gasteiger partial charge is 0.423 e. The third-order valence-electron chi connectivity index (χ3n) is 8.18. The molecule has 2 aromatic carbocycles. The lowest BCUT2D eigenvalue weighted by atomic mass is 9.68. The number of esters is 1. The second kappa shape index (κ2) is 13.0. The van der Waals surface area contributed by atoms with Gasteiger partial charge >= 0.3 is 12.3 Å². The highest BCUT2D eigenvalue weighted by Crippen LogP contribution is 2.42. The predicted octanol–water partition coefficient (Wildman–Crippen LogP) is 9.51. The Kier molecular flexibility index (Phi) is 9.67. The Labute approximate surface area is 226 Å². The minimum Gasteiger partial charge on any atom is -0.423 e. The van der Waals surface area contributed by atoms with E-state index in [1.807, 2.05) is 6.08 Å². The molecule has 0 unspecified atom stereocenters. The molecule has 2 aliphatic carbocycles. The van der Waals surface area contributed by atoms with Crippen molar-refractivity contribution in [3.63, 3.8) is 0 Å². The average molecular weight is 551 g/mol. The third kappa shape index (κ3) is 8.29. The first-order valence-electron chi connectivity index (χ1n) is 13.9. The Morgan fingerprint density at radius 3 is 2.00 bits per heavy atom. The molecule has 3 nitrogen and oxygen atoms in total. The molecule has 0 heterocycles. The summed E-state index contributed by atoms with van der Waals surface area (Å²) in [7, 11) is 0. The van der Waals surface area contributed by atoms with E-state index in [-0.39, 0.29) is 5.56 Å². The van der Waals surface area contributed by atoms with E-state index in [1.165, 1.54) is 76.3 Å². The largest absolute Gasteiger partial charge is 0.573 e. The van der Waals surface area contributed by atoms with E-state index in [2.05, 4.69) is 17.7 Å². The van der Waals surface area contributed by atoms with Crippen LogP contribution in [0.3, 0.4) is 0 Å². The second-order valence-corrected chi connectivity index (χ2v) is 10.9. The summed E-state index contributed by atoms with van der Waals surface area (Å²) >= 11 is 0. The maximum absolute atomic E-state index is 13.9. The van der Waals surface area contributed by atoms with Crippen LogP contribution in [0, 0.1) is 35.3 Å². The van der Waals surface area contributed by atoms with E-state index in [1.54, 1.807) is 12.1 Å². The van der Waals surface area contributed by atoms with Crippen molar-refractivity contribution in [3.8, 4) is 11.5 Å². The van der Waals surface area contributed by atoms with Crippen molar-refractivity contribution in [1.29, 1.82) is 0 Å². The third-order valence-corrected chi connectivity index (χ3v) is 8.18. The van der Waals surface area contributed by atoms with Crippen LogP contribution >= 0.6 is 0 Å². The fourth-order valence-electron chi connectivity index (χ4n) is 6.12. The second-order valence-electron chi connectivity index (χ2n) is 10.9. The number of allylic oxidation sites excluding steroid dienone is 1. The number of carbonyl (C=O) groups is 1. The van der Waals surface area contributed by atoms with Gasteiger partial charge in [-0.2, -0.15) is 0 Å². The molecular formula is C31H35F5O3. The van der Waals surface area contributed by atoms with Crippen LogP contribution in [-0.4, -0.2) is 12.3 Å². The van der Waals surface area contributed by atoms with Gasteiger partial charge in [-0.1, -0.05) is 56.9 Å². The monoisotopic (exact) mass is 550 g/mol. The molecule has 8 heteroatoms. The van der Waals surface area contributed by atoms with Crippen LogP contribution < -0.4 is 9.47 Å². The van der Waals surface area contributed by atoms with Gasteiger partial charge in [0.15, 0.2) is 11.6 Å². The lowest BCUT2D eigenvalue weighted by molar-refractivity contribution is -0.276. The molecule has 2 aliphatic rings. The lowest BCUT2D eigenvalue weighted by Crippen LogP contribution is -2.25. The van der Waals surface area contributed by atoms with Gasteiger partial charge in [-0.3, -0.25) is 0 Å². The summed E-state index contributed by atoms with van der Waals surface area (Å²) in [4.78, 5) is 12.4. The lowest BCUT2D eigenvalue weighted by Gasteiger charge is -2.37. The number of halogens is 5. The van der Waals surface area contributed by atoms with Crippen LogP contribution in [0.4, 0.5) is 22.0 Å². The summed E-state index contributed by atoms with van der Waals surface area (Å²) in [6.45, 7) is 2.28. The van der Waals surface area contributed by atoms with Gasteiger partial charge in [-0.25, -0.2) is 13.6 Å². The minimum absolute atomic E-state index is 0.137. The molecule has 0 radical (unpaired) electrons. The van der Waals surface area contributed by atoms with Gasteiger partial charge in [0.05, 0.1) is 5.56 Å². The number of hydrogen-bond donors (Lipinski definition) is 0. The Morgan fingerprint density at radius 2 is 1.46 bits per heavy atom. The highest BCUT2D eigenvalue weighted by Gasteiger charge is 2.34. The normalized spacial score (nSPS) is 24.1. The molecule has 0 bridgehead atoms. The van der Waals surface area contributed by atoms with Crippen molar-refractivity contribution in [2.45, 2.75) is 77.5 Å². The van der Waals surface area contributed by atoms with Crippen molar-refractivity contribution in [2.24, 2.45) is 23.7 Å². The summed E-state index contributed by atoms with van der Waals surface area (Å²) in [6, 6.07) is 7.48. The molecule has 4 rings (SSSR count).